The van der Waals surface area contributed by atoms with Gasteiger partial charge in [-0.3, -0.25) is 4.79 Å². The van der Waals surface area contributed by atoms with Crippen LogP contribution in [0.15, 0.2) is 0 Å². The molecule has 16 heavy (non-hydrogen) atoms. The molecule has 1 N–H and O–H groups in total. The monoisotopic (exact) mass is 227 g/mol. The molecule has 0 aromatic carbocycles. The van der Waals surface area contributed by atoms with Gasteiger partial charge in [0, 0.05) is 19.3 Å². The van der Waals surface area contributed by atoms with Crippen LogP contribution >= 0.6 is 0 Å². The Morgan fingerprint density at radius 3 is 2.44 bits per heavy atom. The van der Waals surface area contributed by atoms with Gasteiger partial charge in [-0.15, -0.1) is 0 Å². The van der Waals surface area contributed by atoms with Crippen LogP contribution in [0.5, 0.6) is 0 Å². The Labute approximate surface area is 96.6 Å². The molecule has 4 heteroatoms. The Kier molecular flexibility index (Phi) is 3.50. The van der Waals surface area contributed by atoms with Crippen molar-refractivity contribution in [1.29, 1.82) is 0 Å². The van der Waals surface area contributed by atoms with Crippen molar-refractivity contribution < 1.29 is 14.6 Å². The summed E-state index contributed by atoms with van der Waals surface area (Å²) in [6.07, 6.45) is 3.01. The zero-order valence-electron chi connectivity index (χ0n) is 10.1. The molecule has 92 valence electrons. The number of carbonyl (C=O) groups is 1. The molecule has 0 aromatic heterocycles. The van der Waals surface area contributed by atoms with Crippen molar-refractivity contribution in [1.82, 2.24) is 4.90 Å². The Balaban J connectivity index is 1.98. The zero-order valence-corrected chi connectivity index (χ0v) is 10.1. The third-order valence-corrected chi connectivity index (χ3v) is 3.94. The van der Waals surface area contributed by atoms with E-state index in [-0.39, 0.29) is 5.92 Å². The molecule has 0 radical (unpaired) electrons. The molecule has 4 nitrogen and oxygen atoms in total. The van der Waals surface area contributed by atoms with Crippen LogP contribution in [0.2, 0.25) is 0 Å². The van der Waals surface area contributed by atoms with E-state index in [0.29, 0.717) is 17.9 Å². The molecule has 2 fully saturated rings. The second-order valence-corrected chi connectivity index (χ2v) is 5.25. The second kappa shape index (κ2) is 4.72. The number of rotatable bonds is 4. The lowest BCUT2D eigenvalue weighted by Gasteiger charge is -2.35. The molecule has 3 atom stereocenters. The van der Waals surface area contributed by atoms with E-state index in [1.807, 2.05) is 0 Å². The Hall–Kier alpha value is -0.610. The van der Waals surface area contributed by atoms with E-state index in [0.717, 1.165) is 32.5 Å². The fourth-order valence-electron chi connectivity index (χ4n) is 3.09. The number of ether oxygens (including phenoxy) is 1. The Morgan fingerprint density at radius 2 is 2.00 bits per heavy atom. The van der Waals surface area contributed by atoms with E-state index in [2.05, 4.69) is 19.0 Å². The number of hydrogen-bond donors (Lipinski definition) is 1. The van der Waals surface area contributed by atoms with E-state index in [9.17, 15) is 4.79 Å². The largest absolute Gasteiger partial charge is 0.481 e. The minimum absolute atomic E-state index is 0.102. The normalized spacial score (nSPS) is 32.7. The number of nitrogens with zero attached hydrogens (tertiary/aromatic N) is 1. The zero-order chi connectivity index (χ0) is 11.7. The van der Waals surface area contributed by atoms with Gasteiger partial charge in [0.25, 0.3) is 0 Å². The van der Waals surface area contributed by atoms with Gasteiger partial charge in [0.15, 0.2) is 0 Å². The molecule has 1 heterocycles. The third kappa shape index (κ3) is 2.38. The topological polar surface area (TPSA) is 49.8 Å². The van der Waals surface area contributed by atoms with Crippen LogP contribution in [0.1, 0.15) is 19.3 Å². The summed E-state index contributed by atoms with van der Waals surface area (Å²) in [5.74, 6) is 0.243. The first-order valence-electron chi connectivity index (χ1n) is 6.08. The quantitative estimate of drug-likeness (QED) is 0.780. The van der Waals surface area contributed by atoms with Gasteiger partial charge in [0.1, 0.15) is 0 Å². The Morgan fingerprint density at radius 1 is 1.38 bits per heavy atom. The van der Waals surface area contributed by atoms with Gasteiger partial charge in [-0.2, -0.15) is 0 Å². The van der Waals surface area contributed by atoms with E-state index in [4.69, 9.17) is 9.84 Å². The van der Waals surface area contributed by atoms with Gasteiger partial charge >= 0.3 is 5.97 Å². The number of hydrogen-bond acceptors (Lipinski definition) is 3. The molecule has 2 aliphatic rings. The first kappa shape index (κ1) is 11.9. The van der Waals surface area contributed by atoms with Crippen LogP contribution in [0.3, 0.4) is 0 Å². The van der Waals surface area contributed by atoms with Gasteiger partial charge in [-0.25, -0.2) is 0 Å². The van der Waals surface area contributed by atoms with Crippen molar-refractivity contribution in [3.63, 3.8) is 0 Å². The fraction of sp³-hybridized carbons (Fsp3) is 0.917. The molecule has 3 unspecified atom stereocenters. The summed E-state index contributed by atoms with van der Waals surface area (Å²) >= 11 is 0. The van der Waals surface area contributed by atoms with Crippen LogP contribution in [-0.2, 0) is 9.53 Å². The van der Waals surface area contributed by atoms with Crippen LogP contribution < -0.4 is 0 Å². The fourth-order valence-corrected chi connectivity index (χ4v) is 3.09. The maximum atomic E-state index is 10.9. The second-order valence-electron chi connectivity index (χ2n) is 5.25. The summed E-state index contributed by atoms with van der Waals surface area (Å²) in [5, 5.41) is 9.01. The van der Waals surface area contributed by atoms with Gasteiger partial charge in [0.2, 0.25) is 0 Å². The van der Waals surface area contributed by atoms with Crippen molar-refractivity contribution in [2.45, 2.75) is 25.3 Å². The Bertz CT molecular complexity index is 261. The van der Waals surface area contributed by atoms with Crippen LogP contribution in [-0.4, -0.2) is 49.3 Å². The van der Waals surface area contributed by atoms with Gasteiger partial charge < -0.3 is 14.7 Å². The lowest BCUT2D eigenvalue weighted by molar-refractivity contribution is -0.139. The summed E-state index contributed by atoms with van der Waals surface area (Å²) in [6, 6.07) is 0.421. The molecule has 2 rings (SSSR count). The minimum Gasteiger partial charge on any atom is -0.481 e. The van der Waals surface area contributed by atoms with E-state index < -0.39 is 5.97 Å². The average Bonchev–Trinajstić information content (AvgIpc) is 2.99. The summed E-state index contributed by atoms with van der Waals surface area (Å²) in [4.78, 5) is 13.2. The first-order chi connectivity index (χ1) is 7.61. The van der Waals surface area contributed by atoms with Crippen LogP contribution in [0.25, 0.3) is 0 Å². The standard InChI is InChI=1S/C12H21NO3/c1-13(2)11(8-3-5-16-6-4-8)9-7-10(9)12(14)15/h8-11H,3-7H2,1-2H3,(H,14,15). The predicted octanol–water partition coefficient (Wildman–Crippen LogP) is 1.06. The van der Waals surface area contributed by atoms with Gasteiger partial charge in [-0.1, -0.05) is 0 Å². The van der Waals surface area contributed by atoms with Crippen LogP contribution in [0.4, 0.5) is 0 Å². The maximum Gasteiger partial charge on any atom is 0.306 e. The molecule has 0 bridgehead atoms. The van der Waals surface area contributed by atoms with Crippen molar-refractivity contribution in [3.05, 3.63) is 0 Å². The summed E-state index contributed by atoms with van der Waals surface area (Å²) in [7, 11) is 4.13. The smallest absolute Gasteiger partial charge is 0.306 e. The SMILES string of the molecule is CN(C)C(C1CCOCC1)C1CC1C(=O)O. The minimum atomic E-state index is -0.621. The molecule has 0 aromatic rings. The van der Waals surface area contributed by atoms with Gasteiger partial charge in [-0.05, 0) is 45.2 Å². The van der Waals surface area contributed by atoms with Crippen molar-refractivity contribution >= 4 is 5.97 Å². The number of carboxylic acids is 1. The van der Waals surface area contributed by atoms with Crippen molar-refractivity contribution in [3.8, 4) is 0 Å². The average molecular weight is 227 g/mol. The van der Waals surface area contributed by atoms with E-state index in [1.165, 1.54) is 0 Å². The van der Waals surface area contributed by atoms with Crippen LogP contribution in [0, 0.1) is 17.8 Å². The van der Waals surface area contributed by atoms with Gasteiger partial charge in [0.05, 0.1) is 5.92 Å². The summed E-state index contributed by atoms with van der Waals surface area (Å²) in [5.41, 5.74) is 0. The molecule has 0 amide bonds. The lowest BCUT2D eigenvalue weighted by atomic mass is 9.87. The van der Waals surface area contributed by atoms with Crippen molar-refractivity contribution in [2.75, 3.05) is 27.3 Å². The molecule has 1 saturated carbocycles. The molecule has 1 saturated heterocycles. The summed E-state index contributed by atoms with van der Waals surface area (Å²) < 4.78 is 5.37. The molecule has 1 aliphatic carbocycles. The number of carboxylic acid groups (broad SMARTS) is 1. The predicted molar refractivity (Wildman–Crippen MR) is 60.3 cm³/mol. The summed E-state index contributed by atoms with van der Waals surface area (Å²) in [6.45, 7) is 1.67. The molecular formula is C12H21NO3. The molecule has 0 spiro atoms. The highest BCUT2D eigenvalue weighted by Gasteiger charge is 2.50. The lowest BCUT2D eigenvalue weighted by Crippen LogP contribution is -2.40. The molecule has 1 aliphatic heterocycles. The highest BCUT2D eigenvalue weighted by atomic mass is 16.5. The highest BCUT2D eigenvalue weighted by Crippen LogP contribution is 2.46. The van der Waals surface area contributed by atoms with E-state index in [1.54, 1.807) is 0 Å². The first-order valence-corrected chi connectivity index (χ1v) is 6.08. The van der Waals surface area contributed by atoms with E-state index >= 15 is 0 Å². The van der Waals surface area contributed by atoms with Crippen molar-refractivity contribution in [2.24, 2.45) is 17.8 Å². The maximum absolute atomic E-state index is 10.9. The highest BCUT2D eigenvalue weighted by molar-refractivity contribution is 5.73. The number of aliphatic carboxylic acids is 1. The third-order valence-electron chi connectivity index (χ3n) is 3.94. The molecular weight excluding hydrogens is 206 g/mol.